The van der Waals surface area contributed by atoms with E-state index in [4.69, 9.17) is 11.2 Å². The number of hydrogen-bond donors (Lipinski definition) is 3. The number of amides is 1. The third-order valence-electron chi connectivity index (χ3n) is 4.49. The van der Waals surface area contributed by atoms with E-state index in [1.165, 1.54) is 7.11 Å². The van der Waals surface area contributed by atoms with E-state index in [9.17, 15) is 4.79 Å². The van der Waals surface area contributed by atoms with Gasteiger partial charge in [-0.3, -0.25) is 14.9 Å². The molecule has 162 valence electrons. The number of terminal acetylenes is 1. The van der Waals surface area contributed by atoms with Gasteiger partial charge < -0.3 is 15.4 Å². The number of hydrogen-bond acceptors (Lipinski definition) is 6. The monoisotopic (exact) mass is 428 g/mol. The highest BCUT2D eigenvalue weighted by Gasteiger charge is 2.10. The lowest BCUT2D eigenvalue weighted by Crippen LogP contribution is -2.26. The van der Waals surface area contributed by atoms with Crippen LogP contribution in [-0.2, 0) is 11.3 Å². The van der Waals surface area contributed by atoms with E-state index >= 15 is 0 Å². The van der Waals surface area contributed by atoms with E-state index < -0.39 is 0 Å². The molecule has 0 atom stereocenters. The third-order valence-corrected chi connectivity index (χ3v) is 4.49. The maximum atomic E-state index is 12.6. The lowest BCUT2D eigenvalue weighted by atomic mass is 10.1. The molecule has 1 aromatic carbocycles. The van der Waals surface area contributed by atoms with Crippen molar-refractivity contribution >= 4 is 11.6 Å². The van der Waals surface area contributed by atoms with Crippen LogP contribution >= 0.6 is 0 Å². The fourth-order valence-corrected chi connectivity index (χ4v) is 2.94. The Bertz CT molecular complexity index is 1160. The molecule has 0 aliphatic carbocycles. The Labute approximate surface area is 186 Å². The van der Waals surface area contributed by atoms with Gasteiger partial charge in [0.1, 0.15) is 5.82 Å². The highest BCUT2D eigenvalue weighted by Crippen LogP contribution is 2.15. The molecule has 8 heteroatoms. The van der Waals surface area contributed by atoms with Crippen molar-refractivity contribution in [3.05, 3.63) is 83.7 Å². The Morgan fingerprint density at radius 3 is 2.81 bits per heavy atom. The Morgan fingerprint density at radius 1 is 1.28 bits per heavy atom. The number of carbonyl (C=O) groups is 1. The second-order valence-corrected chi connectivity index (χ2v) is 6.66. The number of benzene rings is 1. The van der Waals surface area contributed by atoms with Crippen LogP contribution in [0.2, 0.25) is 0 Å². The number of nitrogens with zero attached hydrogens (tertiary/aromatic N) is 3. The summed E-state index contributed by atoms with van der Waals surface area (Å²) >= 11 is 0. The molecule has 2 aromatic heterocycles. The predicted molar refractivity (Wildman–Crippen MR) is 123 cm³/mol. The fraction of sp³-hybridized carbons (Fsp3) is 0.167. The van der Waals surface area contributed by atoms with Crippen LogP contribution in [0.1, 0.15) is 23.1 Å². The summed E-state index contributed by atoms with van der Waals surface area (Å²) in [6.07, 6.45) is 12.5. The number of nitrogens with one attached hydrogen (secondary N) is 3. The molecule has 0 saturated heterocycles. The zero-order valence-electron chi connectivity index (χ0n) is 17.9. The fourth-order valence-electron chi connectivity index (χ4n) is 2.94. The van der Waals surface area contributed by atoms with Gasteiger partial charge in [0.2, 0.25) is 0 Å². The topological polar surface area (TPSA) is 105 Å². The van der Waals surface area contributed by atoms with Gasteiger partial charge in [0, 0.05) is 41.3 Å². The number of methoxy groups -OCH3 is 1. The van der Waals surface area contributed by atoms with Gasteiger partial charge in [-0.25, -0.2) is 4.98 Å². The smallest absolute Gasteiger partial charge is 0.251 e. The van der Waals surface area contributed by atoms with Gasteiger partial charge in [0.15, 0.2) is 11.6 Å². The van der Waals surface area contributed by atoms with Crippen molar-refractivity contribution in [2.24, 2.45) is 0 Å². The standard InChI is InChI=1S/C24H24N6O2/c1-4-7-19(21(5-2)32-3)15-27-24(31)18-8-6-9-20(14-18)26-16-22-28-23(30-29-22)17-10-12-25-13-11-17/h2,4,6-14,26H,15-16H2,1,3H3,(H,27,31)(H,28,29,30)/b7-4-,21-19-. The van der Waals surface area contributed by atoms with E-state index in [-0.39, 0.29) is 12.5 Å². The Hall–Kier alpha value is -4.38. The number of allylic oxidation sites excluding steroid dienone is 2. The first-order chi connectivity index (χ1) is 15.6. The van der Waals surface area contributed by atoms with Crippen LogP contribution < -0.4 is 10.6 Å². The van der Waals surface area contributed by atoms with Crippen LogP contribution in [0.25, 0.3) is 11.4 Å². The van der Waals surface area contributed by atoms with Crippen LogP contribution in [-0.4, -0.2) is 39.7 Å². The van der Waals surface area contributed by atoms with Crippen molar-refractivity contribution in [2.45, 2.75) is 13.5 Å². The molecule has 0 bridgehead atoms. The van der Waals surface area contributed by atoms with Gasteiger partial charge in [0.25, 0.3) is 5.91 Å². The largest absolute Gasteiger partial charge is 0.488 e. The summed E-state index contributed by atoms with van der Waals surface area (Å²) in [6, 6.07) is 10.9. The number of pyridine rings is 1. The van der Waals surface area contributed by atoms with Gasteiger partial charge in [-0.2, -0.15) is 5.10 Å². The molecular formula is C24H24N6O2. The Morgan fingerprint density at radius 2 is 2.09 bits per heavy atom. The van der Waals surface area contributed by atoms with Gasteiger partial charge in [0.05, 0.1) is 13.7 Å². The summed E-state index contributed by atoms with van der Waals surface area (Å²) in [4.78, 5) is 21.1. The third kappa shape index (κ3) is 5.83. The predicted octanol–water partition coefficient (Wildman–Crippen LogP) is 3.32. The number of carbonyl (C=O) groups excluding carboxylic acids is 1. The van der Waals surface area contributed by atoms with Crippen LogP contribution in [0, 0.1) is 12.3 Å². The molecule has 8 nitrogen and oxygen atoms in total. The number of anilines is 1. The van der Waals surface area contributed by atoms with Crippen LogP contribution in [0.15, 0.2) is 72.3 Å². The zero-order chi connectivity index (χ0) is 22.8. The van der Waals surface area contributed by atoms with E-state index in [0.717, 1.165) is 16.8 Å². The quantitative estimate of drug-likeness (QED) is 0.274. The van der Waals surface area contributed by atoms with Crippen LogP contribution in [0.4, 0.5) is 5.69 Å². The second kappa shape index (κ2) is 11.1. The van der Waals surface area contributed by atoms with Crippen molar-refractivity contribution < 1.29 is 9.53 Å². The molecule has 1 amide bonds. The molecule has 3 aromatic rings. The molecule has 0 spiro atoms. The average Bonchev–Trinajstić information content (AvgIpc) is 3.31. The molecule has 0 saturated carbocycles. The van der Waals surface area contributed by atoms with Crippen LogP contribution in [0.3, 0.4) is 0 Å². The zero-order valence-corrected chi connectivity index (χ0v) is 17.9. The molecule has 0 fully saturated rings. The first-order valence-electron chi connectivity index (χ1n) is 9.94. The van der Waals surface area contributed by atoms with Crippen molar-refractivity contribution in [3.8, 4) is 23.7 Å². The minimum Gasteiger partial charge on any atom is -0.488 e. The molecule has 0 aliphatic rings. The molecule has 3 rings (SSSR count). The molecule has 32 heavy (non-hydrogen) atoms. The van der Waals surface area contributed by atoms with Gasteiger partial charge in [-0.15, -0.1) is 6.42 Å². The van der Waals surface area contributed by atoms with Crippen molar-refractivity contribution in [1.82, 2.24) is 25.5 Å². The summed E-state index contributed by atoms with van der Waals surface area (Å²) in [5.41, 5.74) is 2.90. The maximum Gasteiger partial charge on any atom is 0.251 e. The highest BCUT2D eigenvalue weighted by molar-refractivity contribution is 5.95. The second-order valence-electron chi connectivity index (χ2n) is 6.66. The summed E-state index contributed by atoms with van der Waals surface area (Å²) in [5, 5.41) is 13.3. The van der Waals surface area contributed by atoms with Gasteiger partial charge >= 0.3 is 0 Å². The number of aromatic nitrogens is 4. The summed E-state index contributed by atoms with van der Waals surface area (Å²) < 4.78 is 5.19. The van der Waals surface area contributed by atoms with Crippen molar-refractivity contribution in [1.29, 1.82) is 0 Å². The maximum absolute atomic E-state index is 12.6. The molecule has 2 heterocycles. The molecular weight excluding hydrogens is 404 g/mol. The normalized spacial score (nSPS) is 11.5. The Balaban J connectivity index is 1.62. The van der Waals surface area contributed by atoms with E-state index in [0.29, 0.717) is 29.5 Å². The van der Waals surface area contributed by atoms with Crippen molar-refractivity contribution in [3.63, 3.8) is 0 Å². The summed E-state index contributed by atoms with van der Waals surface area (Å²) in [6.45, 7) is 2.55. The Kier molecular flexibility index (Phi) is 7.76. The summed E-state index contributed by atoms with van der Waals surface area (Å²) in [5.74, 6) is 3.92. The first-order valence-corrected chi connectivity index (χ1v) is 9.94. The summed E-state index contributed by atoms with van der Waals surface area (Å²) in [7, 11) is 1.50. The van der Waals surface area contributed by atoms with Crippen LogP contribution in [0.5, 0.6) is 0 Å². The number of H-pyrrole nitrogens is 1. The number of rotatable bonds is 9. The molecule has 3 N–H and O–H groups in total. The lowest BCUT2D eigenvalue weighted by molar-refractivity contribution is 0.0957. The van der Waals surface area contributed by atoms with Gasteiger partial charge in [-0.1, -0.05) is 18.2 Å². The highest BCUT2D eigenvalue weighted by atomic mass is 16.5. The minimum atomic E-state index is -0.220. The average molecular weight is 428 g/mol. The lowest BCUT2D eigenvalue weighted by Gasteiger charge is -2.10. The minimum absolute atomic E-state index is 0.220. The van der Waals surface area contributed by atoms with E-state index in [2.05, 4.69) is 36.7 Å². The van der Waals surface area contributed by atoms with E-state index in [1.807, 2.05) is 43.3 Å². The molecule has 0 radical (unpaired) electrons. The SMILES string of the molecule is C#C/C(OC)=C(\C=C/C)CNC(=O)c1cccc(NCc2nc(-c3ccncc3)n[nH]2)c1. The van der Waals surface area contributed by atoms with E-state index in [1.54, 1.807) is 24.5 Å². The number of aromatic amines is 1. The molecule has 0 aliphatic heterocycles. The number of ether oxygens (including phenoxy) is 1. The van der Waals surface area contributed by atoms with Gasteiger partial charge in [-0.05, 0) is 43.2 Å². The first kappa shape index (κ1) is 22.3. The van der Waals surface area contributed by atoms with Crippen molar-refractivity contribution in [2.75, 3.05) is 19.0 Å². The molecule has 0 unspecified atom stereocenters.